The van der Waals surface area contributed by atoms with Crippen molar-refractivity contribution in [3.05, 3.63) is 57.7 Å². The number of fused-ring (bicyclic) bond motifs is 3. The number of aromatic nitrogens is 3. The van der Waals surface area contributed by atoms with E-state index in [2.05, 4.69) is 15.1 Å². The highest BCUT2D eigenvalue weighted by atomic mass is 35.5. The van der Waals surface area contributed by atoms with Gasteiger partial charge >= 0.3 is 5.97 Å². The van der Waals surface area contributed by atoms with Crippen molar-refractivity contribution in [2.24, 2.45) is 0 Å². The molecule has 0 saturated carbocycles. The Labute approximate surface area is 175 Å². The fourth-order valence-corrected chi connectivity index (χ4v) is 4.56. The molecular formula is C21H15Cl2N3O3. The van der Waals surface area contributed by atoms with Gasteiger partial charge in [-0.15, -0.1) is 0 Å². The standard InChI is InChI=1S/C21H15Cl2N3O3/c22-13-5-12(6-14(23)9-13)21-25-20(26-29-21)11-2-4-17-16(7-11)15-3-1-10(8-18(27)28)19(15)24-17/h2,4-7,9-10,24H,1,3,8H2,(H,27,28). The molecule has 29 heavy (non-hydrogen) atoms. The fourth-order valence-electron chi connectivity index (χ4n) is 4.04. The van der Waals surface area contributed by atoms with Gasteiger partial charge in [0.2, 0.25) is 5.82 Å². The molecule has 6 nitrogen and oxygen atoms in total. The molecule has 1 aliphatic carbocycles. The number of carbonyl (C=O) groups is 1. The second-order valence-corrected chi connectivity index (χ2v) is 8.07. The zero-order chi connectivity index (χ0) is 20.1. The molecule has 0 bridgehead atoms. The van der Waals surface area contributed by atoms with Crippen molar-refractivity contribution in [3.8, 4) is 22.8 Å². The summed E-state index contributed by atoms with van der Waals surface area (Å²) in [5.74, 6) is 0.0590. The Morgan fingerprint density at radius 1 is 1.17 bits per heavy atom. The van der Waals surface area contributed by atoms with Crippen LogP contribution in [0.5, 0.6) is 0 Å². The van der Waals surface area contributed by atoms with Crippen molar-refractivity contribution in [3.63, 3.8) is 0 Å². The average Bonchev–Trinajstić information content (AvgIpc) is 3.36. The lowest BCUT2D eigenvalue weighted by molar-refractivity contribution is -0.137. The summed E-state index contributed by atoms with van der Waals surface area (Å²) in [6.07, 6.45) is 1.84. The summed E-state index contributed by atoms with van der Waals surface area (Å²) in [6.45, 7) is 0. The number of benzene rings is 2. The van der Waals surface area contributed by atoms with Gasteiger partial charge in [0.05, 0.1) is 6.42 Å². The summed E-state index contributed by atoms with van der Waals surface area (Å²) >= 11 is 12.1. The van der Waals surface area contributed by atoms with Crippen molar-refractivity contribution >= 4 is 40.1 Å². The molecule has 0 spiro atoms. The number of H-pyrrole nitrogens is 1. The van der Waals surface area contributed by atoms with E-state index >= 15 is 0 Å². The Bertz CT molecular complexity index is 1240. The molecule has 5 rings (SSSR count). The summed E-state index contributed by atoms with van der Waals surface area (Å²) in [5, 5.41) is 15.3. The van der Waals surface area contributed by atoms with E-state index in [1.807, 2.05) is 18.2 Å². The van der Waals surface area contributed by atoms with Gasteiger partial charge in [-0.05, 0) is 54.8 Å². The van der Waals surface area contributed by atoms with Crippen LogP contribution in [0.4, 0.5) is 0 Å². The highest BCUT2D eigenvalue weighted by molar-refractivity contribution is 6.35. The molecule has 0 aliphatic heterocycles. The molecule has 0 fully saturated rings. The van der Waals surface area contributed by atoms with Crippen LogP contribution in [-0.4, -0.2) is 26.2 Å². The molecule has 8 heteroatoms. The highest BCUT2D eigenvalue weighted by Crippen LogP contribution is 2.40. The van der Waals surface area contributed by atoms with Crippen LogP contribution in [0.1, 0.15) is 30.0 Å². The molecule has 0 radical (unpaired) electrons. The van der Waals surface area contributed by atoms with E-state index in [4.69, 9.17) is 32.8 Å². The number of hydrogen-bond donors (Lipinski definition) is 2. The van der Waals surface area contributed by atoms with E-state index in [1.54, 1.807) is 18.2 Å². The van der Waals surface area contributed by atoms with Gasteiger partial charge in [0.25, 0.3) is 5.89 Å². The van der Waals surface area contributed by atoms with Gasteiger partial charge in [0.1, 0.15) is 0 Å². The van der Waals surface area contributed by atoms with Crippen LogP contribution in [0.25, 0.3) is 33.7 Å². The Morgan fingerprint density at radius 3 is 2.72 bits per heavy atom. The number of halogens is 2. The van der Waals surface area contributed by atoms with E-state index in [-0.39, 0.29) is 12.3 Å². The fraction of sp³-hybridized carbons (Fsp3) is 0.190. The molecule has 2 aromatic heterocycles. The lowest BCUT2D eigenvalue weighted by Crippen LogP contribution is -2.03. The van der Waals surface area contributed by atoms with Gasteiger partial charge in [-0.3, -0.25) is 4.79 Å². The second kappa shape index (κ2) is 6.90. The average molecular weight is 428 g/mol. The predicted octanol–water partition coefficient (Wildman–Crippen LogP) is 5.70. The molecule has 0 saturated heterocycles. The van der Waals surface area contributed by atoms with E-state index in [0.29, 0.717) is 27.3 Å². The summed E-state index contributed by atoms with van der Waals surface area (Å²) in [7, 11) is 0. The van der Waals surface area contributed by atoms with E-state index in [1.165, 1.54) is 5.56 Å². The minimum atomic E-state index is -0.775. The molecule has 146 valence electrons. The zero-order valence-electron chi connectivity index (χ0n) is 15.1. The number of rotatable bonds is 4. The van der Waals surface area contributed by atoms with Gasteiger partial charge in [-0.2, -0.15) is 4.98 Å². The first-order chi connectivity index (χ1) is 14.0. The summed E-state index contributed by atoms with van der Waals surface area (Å²) in [5.41, 5.74) is 4.67. The number of carboxylic acid groups (broad SMARTS) is 1. The van der Waals surface area contributed by atoms with Crippen LogP contribution in [0, 0.1) is 0 Å². The van der Waals surface area contributed by atoms with Gasteiger partial charge < -0.3 is 14.6 Å². The summed E-state index contributed by atoms with van der Waals surface area (Å²) in [4.78, 5) is 19.0. The molecule has 1 unspecified atom stereocenters. The monoisotopic (exact) mass is 427 g/mol. The number of carboxylic acids is 1. The smallest absolute Gasteiger partial charge is 0.304 e. The third kappa shape index (κ3) is 3.28. The first-order valence-electron chi connectivity index (χ1n) is 9.15. The van der Waals surface area contributed by atoms with Gasteiger partial charge in [-0.25, -0.2) is 0 Å². The van der Waals surface area contributed by atoms with Crippen molar-refractivity contribution in [1.82, 2.24) is 15.1 Å². The normalized spacial score (nSPS) is 15.7. The van der Waals surface area contributed by atoms with E-state index in [0.717, 1.165) is 35.0 Å². The van der Waals surface area contributed by atoms with Crippen molar-refractivity contribution < 1.29 is 14.4 Å². The molecule has 1 aliphatic rings. The largest absolute Gasteiger partial charge is 0.481 e. The Kier molecular flexibility index (Phi) is 4.33. The third-order valence-electron chi connectivity index (χ3n) is 5.30. The van der Waals surface area contributed by atoms with Crippen LogP contribution in [0.2, 0.25) is 10.0 Å². The Balaban J connectivity index is 1.52. The lowest BCUT2D eigenvalue weighted by Gasteiger charge is -2.05. The highest BCUT2D eigenvalue weighted by Gasteiger charge is 2.28. The number of nitrogens with zero attached hydrogens (tertiary/aromatic N) is 2. The quantitative estimate of drug-likeness (QED) is 0.435. The molecule has 1 atom stereocenters. The molecule has 0 amide bonds. The van der Waals surface area contributed by atoms with Crippen LogP contribution < -0.4 is 0 Å². The Hall–Kier alpha value is -2.83. The minimum absolute atomic E-state index is 0.0303. The second-order valence-electron chi connectivity index (χ2n) is 7.19. The van der Waals surface area contributed by atoms with E-state index < -0.39 is 5.97 Å². The van der Waals surface area contributed by atoms with Crippen LogP contribution in [0.3, 0.4) is 0 Å². The van der Waals surface area contributed by atoms with Gasteiger partial charge in [0.15, 0.2) is 0 Å². The van der Waals surface area contributed by atoms with Crippen molar-refractivity contribution in [2.45, 2.75) is 25.2 Å². The first kappa shape index (κ1) is 18.2. The maximum absolute atomic E-state index is 11.1. The Morgan fingerprint density at radius 2 is 1.97 bits per heavy atom. The molecule has 2 aromatic carbocycles. The number of aliphatic carboxylic acids is 1. The topological polar surface area (TPSA) is 92.0 Å². The van der Waals surface area contributed by atoms with Crippen LogP contribution in [0.15, 0.2) is 40.9 Å². The molecule has 2 heterocycles. The molecular weight excluding hydrogens is 413 g/mol. The number of nitrogens with one attached hydrogen (secondary N) is 1. The maximum atomic E-state index is 11.1. The van der Waals surface area contributed by atoms with Crippen LogP contribution in [-0.2, 0) is 11.2 Å². The number of aryl methyl sites for hydroxylation is 1. The summed E-state index contributed by atoms with van der Waals surface area (Å²) < 4.78 is 5.41. The van der Waals surface area contributed by atoms with Gasteiger partial charge in [0, 0.05) is 43.7 Å². The number of hydrogen-bond acceptors (Lipinski definition) is 4. The maximum Gasteiger partial charge on any atom is 0.304 e. The molecule has 4 aromatic rings. The number of aromatic amines is 1. The van der Waals surface area contributed by atoms with Crippen LogP contribution >= 0.6 is 23.2 Å². The predicted molar refractivity (Wildman–Crippen MR) is 110 cm³/mol. The van der Waals surface area contributed by atoms with Crippen molar-refractivity contribution in [2.75, 3.05) is 0 Å². The summed E-state index contributed by atoms with van der Waals surface area (Å²) in [6, 6.07) is 11.0. The third-order valence-corrected chi connectivity index (χ3v) is 5.74. The van der Waals surface area contributed by atoms with E-state index in [9.17, 15) is 4.79 Å². The van der Waals surface area contributed by atoms with Crippen molar-refractivity contribution in [1.29, 1.82) is 0 Å². The minimum Gasteiger partial charge on any atom is -0.481 e. The van der Waals surface area contributed by atoms with Gasteiger partial charge in [-0.1, -0.05) is 28.4 Å². The lowest BCUT2D eigenvalue weighted by atomic mass is 10.0. The zero-order valence-corrected chi connectivity index (χ0v) is 16.6. The SMILES string of the molecule is O=C(O)CC1CCc2c1[nH]c1ccc(-c3noc(-c4cc(Cl)cc(Cl)c4)n3)cc21. The first-order valence-corrected chi connectivity index (χ1v) is 9.90. The molecule has 2 N–H and O–H groups in total.